The first-order chi connectivity index (χ1) is 18.9. The van der Waals surface area contributed by atoms with Crippen LogP contribution in [0.2, 0.25) is 0 Å². The van der Waals surface area contributed by atoms with Crippen molar-refractivity contribution in [3.05, 3.63) is 48.2 Å². The zero-order chi connectivity index (χ0) is 28.0. The summed E-state index contributed by atoms with van der Waals surface area (Å²) in [6.45, 7) is 10.4. The Balaban J connectivity index is 1.52. The molecule has 39 heavy (non-hydrogen) atoms. The van der Waals surface area contributed by atoms with Gasteiger partial charge < -0.3 is 29.3 Å². The number of esters is 2. The zero-order valence-corrected chi connectivity index (χ0v) is 23.5. The third-order valence-corrected chi connectivity index (χ3v) is 6.43. The minimum Gasteiger partial charge on any atom is -0.494 e. The third-order valence-electron chi connectivity index (χ3n) is 6.43. The predicted molar refractivity (Wildman–Crippen MR) is 153 cm³/mol. The number of carbonyl (C=O) groups excluding carboxylic acids is 2. The Morgan fingerprint density at radius 2 is 1.41 bits per heavy atom. The van der Waals surface area contributed by atoms with Gasteiger partial charge >= 0.3 is 11.9 Å². The minimum atomic E-state index is -1.13. The summed E-state index contributed by atoms with van der Waals surface area (Å²) in [7, 11) is 0. The van der Waals surface area contributed by atoms with Gasteiger partial charge in [-0.05, 0) is 81.2 Å². The molecule has 0 unspecified atom stereocenters. The highest BCUT2D eigenvalue weighted by molar-refractivity contribution is 6.31. The van der Waals surface area contributed by atoms with Gasteiger partial charge in [0.25, 0.3) is 0 Å². The molecule has 3 rings (SSSR count). The van der Waals surface area contributed by atoms with Crippen LogP contribution in [0.25, 0.3) is 11.0 Å². The molecule has 1 aromatic heterocycles. The fourth-order valence-corrected chi connectivity index (χ4v) is 4.22. The molecule has 0 aliphatic rings. The van der Waals surface area contributed by atoms with Gasteiger partial charge in [-0.1, -0.05) is 40.0 Å². The molecule has 212 valence electrons. The predicted octanol–water partition coefficient (Wildman–Crippen LogP) is 6.54. The van der Waals surface area contributed by atoms with Crippen LogP contribution in [0.1, 0.15) is 71.5 Å². The van der Waals surface area contributed by atoms with Crippen LogP contribution in [0.4, 0.5) is 5.69 Å². The second-order valence-electron chi connectivity index (χ2n) is 9.71. The lowest BCUT2D eigenvalue weighted by atomic mass is 10.1. The number of carbonyl (C=O) groups is 2. The highest BCUT2D eigenvalue weighted by atomic mass is 16.6. The summed E-state index contributed by atoms with van der Waals surface area (Å²) in [4.78, 5) is 27.6. The van der Waals surface area contributed by atoms with E-state index in [1.807, 2.05) is 0 Å². The number of rotatable bonds is 16. The highest BCUT2D eigenvalue weighted by Crippen LogP contribution is 2.35. The molecule has 0 radical (unpaired) electrons. The molecule has 2 aromatic carbocycles. The van der Waals surface area contributed by atoms with Crippen LogP contribution >= 0.6 is 0 Å². The Labute approximate surface area is 231 Å². The number of nitrogens with two attached hydrogens (primary N) is 1. The summed E-state index contributed by atoms with van der Waals surface area (Å²) in [5, 5.41) is 0.544. The number of furan rings is 1. The van der Waals surface area contributed by atoms with Gasteiger partial charge in [-0.3, -0.25) is 0 Å². The standard InChI is InChI=1S/C31H42N2O6/c1-4-7-11-28-29(26-22-23(32)12-17-27(26)38-28)39-31(35)30(34)37-25-15-13-24(14-16-25)36-21-10-20-33(18-8-5-2)19-9-6-3/h12-17,22H,4-11,18-21,32H2,1-3H3. The average molecular weight is 539 g/mol. The number of hydrogen-bond donors (Lipinski definition) is 1. The summed E-state index contributed by atoms with van der Waals surface area (Å²) in [6, 6.07) is 11.7. The topological polar surface area (TPSA) is 104 Å². The van der Waals surface area contributed by atoms with Gasteiger partial charge in [0.15, 0.2) is 5.75 Å². The maximum Gasteiger partial charge on any atom is 0.423 e. The van der Waals surface area contributed by atoms with Crippen molar-refractivity contribution < 1.29 is 28.2 Å². The number of aryl methyl sites for hydroxylation is 1. The van der Waals surface area contributed by atoms with Crippen LogP contribution in [-0.4, -0.2) is 43.1 Å². The van der Waals surface area contributed by atoms with Crippen LogP contribution in [0.5, 0.6) is 17.2 Å². The van der Waals surface area contributed by atoms with Crippen LogP contribution in [-0.2, 0) is 16.0 Å². The Bertz CT molecular complexity index is 1180. The molecule has 3 aromatic rings. The molecule has 0 aliphatic carbocycles. The first kappa shape index (κ1) is 30.0. The molecule has 1 heterocycles. The number of unbranched alkanes of at least 4 members (excludes halogenated alkanes) is 3. The summed E-state index contributed by atoms with van der Waals surface area (Å²) in [5.74, 6) is -0.647. The lowest BCUT2D eigenvalue weighted by Crippen LogP contribution is -2.28. The number of nitrogens with zero attached hydrogens (tertiary/aromatic N) is 1. The van der Waals surface area contributed by atoms with Gasteiger partial charge in [0.2, 0.25) is 0 Å². The minimum absolute atomic E-state index is 0.208. The Kier molecular flexibility index (Phi) is 12.2. The Hall–Kier alpha value is -3.52. The monoisotopic (exact) mass is 538 g/mol. The van der Waals surface area contributed by atoms with Crippen molar-refractivity contribution >= 4 is 28.6 Å². The lowest BCUT2D eigenvalue weighted by Gasteiger charge is -2.21. The molecular weight excluding hydrogens is 496 g/mol. The van der Waals surface area contributed by atoms with E-state index in [1.54, 1.807) is 42.5 Å². The molecule has 2 N–H and O–H groups in total. The number of ether oxygens (including phenoxy) is 3. The molecule has 8 nitrogen and oxygen atoms in total. The number of nitrogen functional groups attached to an aromatic ring is 1. The summed E-state index contributed by atoms with van der Waals surface area (Å²) in [5.41, 5.74) is 6.94. The van der Waals surface area contributed by atoms with Crippen molar-refractivity contribution in [2.75, 3.05) is 32.0 Å². The summed E-state index contributed by atoms with van der Waals surface area (Å²) in [6.07, 6.45) is 8.10. The SMILES string of the molecule is CCCCc1oc2ccc(N)cc2c1OC(=O)C(=O)Oc1ccc(OCCCN(CCCC)CCCC)cc1. The van der Waals surface area contributed by atoms with Crippen LogP contribution < -0.4 is 19.9 Å². The quantitative estimate of drug-likeness (QED) is 0.0721. The fraction of sp³-hybridized carbons (Fsp3) is 0.484. The van der Waals surface area contributed by atoms with Gasteiger partial charge in [-0.15, -0.1) is 0 Å². The van der Waals surface area contributed by atoms with Crippen molar-refractivity contribution in [3.63, 3.8) is 0 Å². The molecule has 0 amide bonds. The summed E-state index contributed by atoms with van der Waals surface area (Å²) >= 11 is 0. The van der Waals surface area contributed by atoms with E-state index in [2.05, 4.69) is 25.7 Å². The molecule has 0 bridgehead atoms. The van der Waals surface area contributed by atoms with Gasteiger partial charge in [0.05, 0.1) is 12.0 Å². The normalized spacial score (nSPS) is 11.2. The van der Waals surface area contributed by atoms with Crippen molar-refractivity contribution in [2.45, 2.75) is 72.1 Å². The van der Waals surface area contributed by atoms with Crippen LogP contribution in [0.3, 0.4) is 0 Å². The summed E-state index contributed by atoms with van der Waals surface area (Å²) < 4.78 is 22.4. The highest BCUT2D eigenvalue weighted by Gasteiger charge is 2.25. The van der Waals surface area contributed by atoms with E-state index >= 15 is 0 Å². The largest absolute Gasteiger partial charge is 0.494 e. The smallest absolute Gasteiger partial charge is 0.423 e. The van der Waals surface area contributed by atoms with Gasteiger partial charge in [-0.2, -0.15) is 0 Å². The number of anilines is 1. The molecule has 0 fully saturated rings. The molecule has 0 saturated carbocycles. The molecule has 0 atom stereocenters. The van der Waals surface area contributed by atoms with Crippen LogP contribution in [0.15, 0.2) is 46.9 Å². The molecule has 0 aliphatic heterocycles. The van der Waals surface area contributed by atoms with Gasteiger partial charge in [0.1, 0.15) is 22.8 Å². The first-order valence-electron chi connectivity index (χ1n) is 14.1. The van der Waals surface area contributed by atoms with Gasteiger partial charge in [0, 0.05) is 18.7 Å². The van der Waals surface area contributed by atoms with E-state index in [-0.39, 0.29) is 11.5 Å². The molecule has 0 saturated heterocycles. The van der Waals surface area contributed by atoms with E-state index in [4.69, 9.17) is 24.4 Å². The third kappa shape index (κ3) is 9.32. The molecular formula is C31H42N2O6. The average Bonchev–Trinajstić information content (AvgIpc) is 3.27. The number of hydrogen-bond acceptors (Lipinski definition) is 8. The molecule has 0 spiro atoms. The van der Waals surface area contributed by atoms with Crippen molar-refractivity contribution in [1.82, 2.24) is 4.90 Å². The molecule has 8 heteroatoms. The second-order valence-corrected chi connectivity index (χ2v) is 9.71. The van der Waals surface area contributed by atoms with Crippen molar-refractivity contribution in [3.8, 4) is 17.2 Å². The lowest BCUT2D eigenvalue weighted by molar-refractivity contribution is -0.156. The van der Waals surface area contributed by atoms with E-state index < -0.39 is 11.9 Å². The van der Waals surface area contributed by atoms with Gasteiger partial charge in [-0.25, -0.2) is 9.59 Å². The maximum absolute atomic E-state index is 12.6. The number of benzene rings is 2. The van der Waals surface area contributed by atoms with E-state index in [0.717, 1.165) is 38.9 Å². The second kappa shape index (κ2) is 15.8. The first-order valence-corrected chi connectivity index (χ1v) is 14.1. The van der Waals surface area contributed by atoms with E-state index in [1.165, 1.54) is 25.7 Å². The number of fused-ring (bicyclic) bond motifs is 1. The zero-order valence-electron chi connectivity index (χ0n) is 23.5. The van der Waals surface area contributed by atoms with E-state index in [0.29, 0.717) is 41.2 Å². The van der Waals surface area contributed by atoms with Crippen molar-refractivity contribution in [1.29, 1.82) is 0 Å². The Morgan fingerprint density at radius 1 is 0.795 bits per heavy atom. The maximum atomic E-state index is 12.6. The Morgan fingerprint density at radius 3 is 2.08 bits per heavy atom. The fourth-order valence-electron chi connectivity index (χ4n) is 4.22. The van der Waals surface area contributed by atoms with Crippen LogP contribution in [0, 0.1) is 0 Å². The van der Waals surface area contributed by atoms with E-state index in [9.17, 15) is 9.59 Å². The van der Waals surface area contributed by atoms with Crippen molar-refractivity contribution in [2.24, 2.45) is 0 Å².